The van der Waals surface area contributed by atoms with Gasteiger partial charge in [-0.2, -0.15) is 0 Å². The molecule has 0 aliphatic heterocycles. The summed E-state index contributed by atoms with van der Waals surface area (Å²) in [5.74, 6) is -6.58. The van der Waals surface area contributed by atoms with Crippen LogP contribution in [0.25, 0.3) is 11.7 Å². The molecular formula is C25H21F5O. The number of rotatable bonds is 5. The minimum absolute atomic E-state index is 0.0242. The van der Waals surface area contributed by atoms with Crippen LogP contribution >= 0.6 is 0 Å². The van der Waals surface area contributed by atoms with Gasteiger partial charge in [0.15, 0.2) is 11.7 Å². The Bertz CT molecular complexity index is 1130. The van der Waals surface area contributed by atoms with Crippen LogP contribution < -0.4 is 0 Å². The van der Waals surface area contributed by atoms with E-state index in [1.165, 1.54) is 24.3 Å². The molecule has 0 fully saturated rings. The molecule has 1 unspecified atom stereocenters. The number of aryl methyl sites for hydroxylation is 1. The first-order chi connectivity index (χ1) is 14.9. The highest BCUT2D eigenvalue weighted by molar-refractivity contribution is 5.76. The van der Waals surface area contributed by atoms with Gasteiger partial charge in [0.25, 0.3) is 0 Å². The second-order valence-electron chi connectivity index (χ2n) is 7.93. The zero-order valence-electron chi connectivity index (χ0n) is 16.9. The molecule has 0 saturated carbocycles. The minimum atomic E-state index is -1.36. The topological polar surface area (TPSA) is 20.2 Å². The Hall–Kier alpha value is -2.73. The van der Waals surface area contributed by atoms with E-state index >= 15 is 8.78 Å². The summed E-state index contributed by atoms with van der Waals surface area (Å²) in [5.41, 5.74) is -0.232. The van der Waals surface area contributed by atoms with Crippen molar-refractivity contribution in [3.8, 4) is 0 Å². The molecule has 0 heterocycles. The van der Waals surface area contributed by atoms with Crippen molar-refractivity contribution in [3.63, 3.8) is 0 Å². The SMILES string of the molecule is CCCc1ccc(/C(F)=C(\F)C2=C(F)C3=C(F)c4c(ccc(CO)c4F)CC3C2)cc1. The van der Waals surface area contributed by atoms with E-state index in [2.05, 4.69) is 0 Å². The Balaban J connectivity index is 1.75. The molecular weight excluding hydrogens is 411 g/mol. The van der Waals surface area contributed by atoms with E-state index in [9.17, 15) is 18.3 Å². The fourth-order valence-corrected chi connectivity index (χ4v) is 4.37. The molecule has 1 atom stereocenters. The molecule has 0 radical (unpaired) electrons. The fraction of sp³-hybridized carbons (Fsp3) is 0.280. The van der Waals surface area contributed by atoms with Crippen LogP contribution in [0, 0.1) is 11.7 Å². The Kier molecular flexibility index (Phi) is 5.84. The maximum absolute atomic E-state index is 15.1. The summed E-state index contributed by atoms with van der Waals surface area (Å²) in [6.07, 6.45) is 1.59. The van der Waals surface area contributed by atoms with Gasteiger partial charge in [-0.25, -0.2) is 22.0 Å². The molecule has 162 valence electrons. The van der Waals surface area contributed by atoms with Crippen LogP contribution in [0.1, 0.15) is 47.6 Å². The number of halogens is 5. The van der Waals surface area contributed by atoms with Crippen LogP contribution in [0.3, 0.4) is 0 Å². The average molecular weight is 432 g/mol. The van der Waals surface area contributed by atoms with E-state index in [0.29, 0.717) is 5.56 Å². The molecule has 6 heteroatoms. The maximum atomic E-state index is 15.1. The lowest BCUT2D eigenvalue weighted by molar-refractivity contribution is 0.275. The summed E-state index contributed by atoms with van der Waals surface area (Å²) in [6, 6.07) is 9.05. The first-order valence-corrected chi connectivity index (χ1v) is 10.2. The van der Waals surface area contributed by atoms with Crippen molar-refractivity contribution in [3.05, 3.63) is 92.8 Å². The largest absolute Gasteiger partial charge is 0.392 e. The minimum Gasteiger partial charge on any atom is -0.392 e. The number of benzene rings is 2. The molecule has 4 rings (SSSR count). The zero-order chi connectivity index (χ0) is 22.3. The van der Waals surface area contributed by atoms with Crippen molar-refractivity contribution in [2.24, 2.45) is 5.92 Å². The van der Waals surface area contributed by atoms with Crippen molar-refractivity contribution in [2.45, 2.75) is 39.2 Å². The van der Waals surface area contributed by atoms with E-state index in [0.717, 1.165) is 18.4 Å². The highest BCUT2D eigenvalue weighted by Gasteiger charge is 2.40. The lowest BCUT2D eigenvalue weighted by Crippen LogP contribution is -2.14. The van der Waals surface area contributed by atoms with Gasteiger partial charge in [-0.15, -0.1) is 0 Å². The molecule has 0 saturated heterocycles. The molecule has 0 aromatic heterocycles. The molecule has 2 aliphatic carbocycles. The third kappa shape index (κ3) is 3.63. The maximum Gasteiger partial charge on any atom is 0.166 e. The summed E-state index contributed by atoms with van der Waals surface area (Å²) in [5, 5.41) is 9.22. The van der Waals surface area contributed by atoms with E-state index < -0.39 is 58.4 Å². The van der Waals surface area contributed by atoms with Crippen molar-refractivity contribution in [2.75, 3.05) is 0 Å². The van der Waals surface area contributed by atoms with Crippen LogP contribution in [0.4, 0.5) is 22.0 Å². The van der Waals surface area contributed by atoms with Gasteiger partial charge in [0.2, 0.25) is 0 Å². The Labute approximate surface area is 177 Å². The molecule has 2 aliphatic rings. The normalized spacial score (nSPS) is 18.9. The van der Waals surface area contributed by atoms with Crippen molar-refractivity contribution >= 4 is 11.7 Å². The molecule has 1 N–H and O–H groups in total. The summed E-state index contributed by atoms with van der Waals surface area (Å²) in [6.45, 7) is 1.37. The molecule has 2 aromatic carbocycles. The number of fused-ring (bicyclic) bond motifs is 2. The Morgan fingerprint density at radius 2 is 1.65 bits per heavy atom. The van der Waals surface area contributed by atoms with Gasteiger partial charge in [-0.05, 0) is 36.3 Å². The van der Waals surface area contributed by atoms with E-state index in [1.54, 1.807) is 12.1 Å². The standard InChI is InChI=1S/C25H21F5O/c1-2-3-13-4-6-14(7-5-13)22(27)24(29)18-11-17-10-15-8-9-16(12-31)21(26)19(15)25(30)20(17)23(18)28/h4-9,17,31H,2-3,10-12H2,1H3/b24-22+. The molecule has 0 bridgehead atoms. The van der Waals surface area contributed by atoms with Gasteiger partial charge in [0.1, 0.15) is 17.5 Å². The number of hydrogen-bond donors (Lipinski definition) is 1. The van der Waals surface area contributed by atoms with Crippen LogP contribution in [0.15, 0.2) is 59.2 Å². The van der Waals surface area contributed by atoms with E-state index in [1.807, 2.05) is 6.92 Å². The highest BCUT2D eigenvalue weighted by Crippen LogP contribution is 2.51. The first-order valence-electron chi connectivity index (χ1n) is 10.2. The van der Waals surface area contributed by atoms with Crippen molar-refractivity contribution in [1.82, 2.24) is 0 Å². The van der Waals surface area contributed by atoms with Gasteiger partial charge in [-0.1, -0.05) is 49.7 Å². The number of aliphatic hydroxyl groups excluding tert-OH is 1. The van der Waals surface area contributed by atoms with Crippen molar-refractivity contribution < 1.29 is 27.1 Å². The van der Waals surface area contributed by atoms with Crippen LogP contribution in [-0.2, 0) is 19.4 Å². The Morgan fingerprint density at radius 3 is 2.29 bits per heavy atom. The third-order valence-electron chi connectivity index (χ3n) is 5.96. The third-order valence-corrected chi connectivity index (χ3v) is 5.96. The zero-order valence-corrected chi connectivity index (χ0v) is 16.9. The number of allylic oxidation sites excluding steroid dienone is 4. The second-order valence-corrected chi connectivity index (χ2v) is 7.93. The Morgan fingerprint density at radius 1 is 0.935 bits per heavy atom. The fourth-order valence-electron chi connectivity index (χ4n) is 4.37. The summed E-state index contributed by atoms with van der Waals surface area (Å²) < 4.78 is 74.4. The second kappa shape index (κ2) is 8.42. The van der Waals surface area contributed by atoms with Gasteiger partial charge in [-0.3, -0.25) is 0 Å². The number of aliphatic hydroxyl groups is 1. The van der Waals surface area contributed by atoms with Gasteiger partial charge >= 0.3 is 0 Å². The monoisotopic (exact) mass is 432 g/mol. The first kappa shape index (κ1) is 21.5. The molecule has 2 aromatic rings. The molecule has 0 amide bonds. The van der Waals surface area contributed by atoms with Gasteiger partial charge < -0.3 is 5.11 Å². The quantitative estimate of drug-likeness (QED) is 0.502. The van der Waals surface area contributed by atoms with E-state index in [-0.39, 0.29) is 24.0 Å². The lowest BCUT2D eigenvalue weighted by Gasteiger charge is -2.23. The highest BCUT2D eigenvalue weighted by atomic mass is 19.2. The lowest BCUT2D eigenvalue weighted by atomic mass is 9.82. The van der Waals surface area contributed by atoms with E-state index in [4.69, 9.17) is 0 Å². The van der Waals surface area contributed by atoms with Gasteiger partial charge in [0.05, 0.1) is 6.61 Å². The summed E-state index contributed by atoms with van der Waals surface area (Å²) >= 11 is 0. The van der Waals surface area contributed by atoms with Crippen LogP contribution in [-0.4, -0.2) is 5.11 Å². The van der Waals surface area contributed by atoms with Gasteiger partial charge in [0, 0.05) is 27.8 Å². The summed E-state index contributed by atoms with van der Waals surface area (Å²) in [4.78, 5) is 0. The van der Waals surface area contributed by atoms with Crippen LogP contribution in [0.2, 0.25) is 0 Å². The average Bonchev–Trinajstić information content (AvgIpc) is 3.10. The predicted molar refractivity (Wildman–Crippen MR) is 110 cm³/mol. The molecule has 0 spiro atoms. The smallest absolute Gasteiger partial charge is 0.166 e. The number of hydrogen-bond acceptors (Lipinski definition) is 1. The molecule has 1 nitrogen and oxygen atoms in total. The predicted octanol–water partition coefficient (Wildman–Crippen LogP) is 7.06. The molecule has 31 heavy (non-hydrogen) atoms. The van der Waals surface area contributed by atoms with Crippen molar-refractivity contribution in [1.29, 1.82) is 0 Å². The van der Waals surface area contributed by atoms with Crippen LogP contribution in [0.5, 0.6) is 0 Å². The summed E-state index contributed by atoms with van der Waals surface area (Å²) in [7, 11) is 0.